The molecule has 30 heavy (non-hydrogen) atoms. The van der Waals surface area contributed by atoms with Crippen molar-refractivity contribution < 1.29 is 23.5 Å². The number of carbonyl (C=O) groups is 3. The van der Waals surface area contributed by atoms with Crippen LogP contribution in [-0.4, -0.2) is 54.8 Å². The van der Waals surface area contributed by atoms with Crippen LogP contribution in [-0.2, 0) is 14.3 Å². The van der Waals surface area contributed by atoms with Gasteiger partial charge in [0.05, 0.1) is 5.92 Å². The van der Waals surface area contributed by atoms with Crippen molar-refractivity contribution in [2.45, 2.75) is 18.9 Å². The van der Waals surface area contributed by atoms with E-state index in [2.05, 4.69) is 0 Å². The van der Waals surface area contributed by atoms with Crippen LogP contribution < -0.4 is 0 Å². The van der Waals surface area contributed by atoms with Crippen molar-refractivity contribution >= 4 is 17.8 Å². The van der Waals surface area contributed by atoms with E-state index in [4.69, 9.17) is 4.74 Å². The summed E-state index contributed by atoms with van der Waals surface area (Å²) in [5, 5.41) is 0. The van der Waals surface area contributed by atoms with Crippen molar-refractivity contribution in [2.24, 2.45) is 5.92 Å². The number of ether oxygens (including phenoxy) is 1. The van der Waals surface area contributed by atoms with Gasteiger partial charge in [0, 0.05) is 38.3 Å². The highest BCUT2D eigenvalue weighted by Gasteiger charge is 2.33. The topological polar surface area (TPSA) is 66.9 Å². The van der Waals surface area contributed by atoms with Gasteiger partial charge in [-0.05, 0) is 37.1 Å². The first-order valence-corrected chi connectivity index (χ1v) is 9.88. The molecule has 1 aliphatic heterocycles. The van der Waals surface area contributed by atoms with Crippen LogP contribution in [0.2, 0.25) is 0 Å². The van der Waals surface area contributed by atoms with Gasteiger partial charge in [0.2, 0.25) is 6.10 Å². The number of hydrogen-bond acceptors (Lipinski definition) is 4. The monoisotopic (exact) mass is 412 g/mol. The Hall–Kier alpha value is -3.22. The molecule has 0 spiro atoms. The Morgan fingerprint density at radius 3 is 2.17 bits per heavy atom. The second-order valence-electron chi connectivity index (χ2n) is 7.53. The summed E-state index contributed by atoms with van der Waals surface area (Å²) in [6.45, 7) is 0.793. The smallest absolute Gasteiger partial charge is 0.310 e. The van der Waals surface area contributed by atoms with Crippen molar-refractivity contribution in [3.05, 3.63) is 71.5 Å². The second-order valence-corrected chi connectivity index (χ2v) is 7.53. The Balaban J connectivity index is 1.61. The molecular weight excluding hydrogens is 387 g/mol. The minimum Gasteiger partial charge on any atom is -0.447 e. The third kappa shape index (κ3) is 5.03. The number of halogens is 1. The molecule has 0 saturated carbocycles. The van der Waals surface area contributed by atoms with Crippen LogP contribution in [0, 0.1) is 11.7 Å². The maximum atomic E-state index is 13.1. The molecule has 1 saturated heterocycles. The third-order valence-electron chi connectivity index (χ3n) is 5.21. The number of amides is 2. The van der Waals surface area contributed by atoms with Gasteiger partial charge in [-0.25, -0.2) is 4.39 Å². The molecule has 0 N–H and O–H groups in total. The summed E-state index contributed by atoms with van der Waals surface area (Å²) in [5.74, 6) is -1.71. The summed E-state index contributed by atoms with van der Waals surface area (Å²) in [4.78, 5) is 40.9. The molecule has 3 rings (SSSR count). The predicted molar refractivity (Wildman–Crippen MR) is 109 cm³/mol. The Morgan fingerprint density at radius 1 is 1.00 bits per heavy atom. The molecule has 158 valence electrons. The van der Waals surface area contributed by atoms with Crippen molar-refractivity contribution in [1.82, 2.24) is 9.80 Å². The number of nitrogens with zero attached hydrogens (tertiary/aromatic N) is 2. The summed E-state index contributed by atoms with van der Waals surface area (Å²) < 4.78 is 18.7. The van der Waals surface area contributed by atoms with Gasteiger partial charge in [-0.15, -0.1) is 0 Å². The van der Waals surface area contributed by atoms with Gasteiger partial charge in [-0.1, -0.05) is 30.3 Å². The molecular formula is C23H25FN2O4. The Bertz CT molecular complexity index is 891. The molecule has 2 aromatic carbocycles. The lowest BCUT2D eigenvalue weighted by molar-refractivity contribution is -0.164. The van der Waals surface area contributed by atoms with Gasteiger partial charge in [0.1, 0.15) is 5.82 Å². The summed E-state index contributed by atoms with van der Waals surface area (Å²) in [5.41, 5.74) is 1.03. The molecule has 7 heteroatoms. The average molecular weight is 412 g/mol. The van der Waals surface area contributed by atoms with Crippen LogP contribution in [0.15, 0.2) is 54.6 Å². The molecule has 1 aliphatic rings. The molecule has 2 aromatic rings. The van der Waals surface area contributed by atoms with E-state index in [1.165, 1.54) is 29.2 Å². The van der Waals surface area contributed by atoms with Crippen LogP contribution in [0.25, 0.3) is 0 Å². The highest BCUT2D eigenvalue weighted by Crippen LogP contribution is 2.25. The lowest BCUT2D eigenvalue weighted by Gasteiger charge is -2.32. The number of likely N-dealkylation sites (N-methyl/N-ethyl adjacent to an activating group) is 1. The highest BCUT2D eigenvalue weighted by molar-refractivity contribution is 5.94. The summed E-state index contributed by atoms with van der Waals surface area (Å²) >= 11 is 0. The highest BCUT2D eigenvalue weighted by atomic mass is 19.1. The number of carbonyl (C=O) groups excluding carboxylic acids is 3. The second kappa shape index (κ2) is 9.52. The summed E-state index contributed by atoms with van der Waals surface area (Å²) in [6, 6.07) is 14.3. The van der Waals surface area contributed by atoms with Gasteiger partial charge < -0.3 is 14.5 Å². The Kier molecular flexibility index (Phi) is 6.82. The molecule has 0 aromatic heterocycles. The first kappa shape index (κ1) is 21.5. The fraction of sp³-hybridized carbons (Fsp3) is 0.348. The number of benzene rings is 2. The van der Waals surface area contributed by atoms with E-state index >= 15 is 0 Å². The van der Waals surface area contributed by atoms with E-state index in [0.717, 1.165) is 0 Å². The van der Waals surface area contributed by atoms with Gasteiger partial charge in [-0.2, -0.15) is 0 Å². The minimum atomic E-state index is -0.993. The van der Waals surface area contributed by atoms with E-state index in [1.54, 1.807) is 43.3 Å². The molecule has 0 aliphatic carbocycles. The lowest BCUT2D eigenvalue weighted by Crippen LogP contribution is -2.41. The van der Waals surface area contributed by atoms with Crippen molar-refractivity contribution in [3.63, 3.8) is 0 Å². The maximum absolute atomic E-state index is 13.1. The largest absolute Gasteiger partial charge is 0.447 e. The van der Waals surface area contributed by atoms with E-state index < -0.39 is 17.9 Å². The van der Waals surface area contributed by atoms with Gasteiger partial charge in [0.15, 0.2) is 0 Å². The predicted octanol–water partition coefficient (Wildman–Crippen LogP) is 3.05. The zero-order chi connectivity index (χ0) is 21.7. The maximum Gasteiger partial charge on any atom is 0.310 e. The van der Waals surface area contributed by atoms with Crippen molar-refractivity contribution in [2.75, 3.05) is 27.2 Å². The van der Waals surface area contributed by atoms with Crippen LogP contribution in [0.3, 0.4) is 0 Å². The molecule has 0 bridgehead atoms. The number of hydrogen-bond donors (Lipinski definition) is 0. The fourth-order valence-electron chi connectivity index (χ4n) is 3.43. The average Bonchev–Trinajstić information content (AvgIpc) is 2.77. The zero-order valence-electron chi connectivity index (χ0n) is 17.1. The first-order chi connectivity index (χ1) is 14.4. The summed E-state index contributed by atoms with van der Waals surface area (Å²) in [6.07, 6.45) is -0.0973. The van der Waals surface area contributed by atoms with Gasteiger partial charge in [0.25, 0.3) is 11.8 Å². The van der Waals surface area contributed by atoms with E-state index in [9.17, 15) is 18.8 Å². The van der Waals surface area contributed by atoms with Gasteiger partial charge in [-0.3, -0.25) is 14.4 Å². The molecule has 1 heterocycles. The van der Waals surface area contributed by atoms with Crippen LogP contribution in [0.4, 0.5) is 4.39 Å². The molecule has 1 fully saturated rings. The van der Waals surface area contributed by atoms with E-state index in [1.807, 2.05) is 6.07 Å². The Labute approximate surface area is 175 Å². The molecule has 2 amide bonds. The standard InChI is InChI=1S/C23H25FN2O4/c1-25(2)22(28)20(16-6-4-3-5-7-16)30-23(29)18-12-14-26(15-13-18)21(27)17-8-10-19(24)11-9-17/h3-11,18,20H,12-15H2,1-2H3/t20-/m0/s1. The Morgan fingerprint density at radius 2 is 1.60 bits per heavy atom. The molecule has 0 unspecified atom stereocenters. The van der Waals surface area contributed by atoms with E-state index in [-0.39, 0.29) is 17.7 Å². The minimum absolute atomic E-state index is 0.188. The van der Waals surface area contributed by atoms with Crippen molar-refractivity contribution in [1.29, 1.82) is 0 Å². The quantitative estimate of drug-likeness (QED) is 0.708. The van der Waals surface area contributed by atoms with E-state index in [0.29, 0.717) is 37.1 Å². The number of piperidine rings is 1. The van der Waals surface area contributed by atoms with Crippen LogP contribution in [0.1, 0.15) is 34.9 Å². The van der Waals surface area contributed by atoms with Gasteiger partial charge >= 0.3 is 5.97 Å². The van der Waals surface area contributed by atoms with Crippen LogP contribution >= 0.6 is 0 Å². The molecule has 1 atom stereocenters. The lowest BCUT2D eigenvalue weighted by atomic mass is 9.96. The normalized spacial score (nSPS) is 15.4. The summed E-state index contributed by atoms with van der Waals surface area (Å²) in [7, 11) is 3.23. The first-order valence-electron chi connectivity index (χ1n) is 9.88. The molecule has 6 nitrogen and oxygen atoms in total. The third-order valence-corrected chi connectivity index (χ3v) is 5.21. The van der Waals surface area contributed by atoms with Crippen molar-refractivity contribution in [3.8, 4) is 0 Å². The SMILES string of the molecule is CN(C)C(=O)[C@@H](OC(=O)C1CCN(C(=O)c2ccc(F)cc2)CC1)c1ccccc1. The number of likely N-dealkylation sites (tertiary alicyclic amines) is 1. The zero-order valence-corrected chi connectivity index (χ0v) is 17.1. The number of esters is 1. The number of rotatable bonds is 5. The van der Waals surface area contributed by atoms with Crippen LogP contribution in [0.5, 0.6) is 0 Å². The fourth-order valence-corrected chi connectivity index (χ4v) is 3.43. The molecule has 0 radical (unpaired) electrons.